The summed E-state index contributed by atoms with van der Waals surface area (Å²) in [5.74, 6) is 0. The summed E-state index contributed by atoms with van der Waals surface area (Å²) in [7, 11) is -3.86. The number of hydrogen-bond donors (Lipinski definition) is 0. The van der Waals surface area contributed by atoms with E-state index in [1.165, 1.54) is 0 Å². The van der Waals surface area contributed by atoms with E-state index < -0.39 is 27.0 Å². The molecule has 1 aromatic carbocycles. The molecule has 1 rings (SSSR count). The van der Waals surface area contributed by atoms with E-state index in [2.05, 4.69) is 30.8 Å². The zero-order chi connectivity index (χ0) is 19.5. The Bertz CT molecular complexity index is 726. The van der Waals surface area contributed by atoms with Gasteiger partial charge in [0.2, 0.25) is 0 Å². The highest BCUT2D eigenvalue weighted by Crippen LogP contribution is 2.35. The standard InChI is InChI=1S/C18H29N3O3S/c1-13(2)24-25(22,23)16(12-18(6,7)20-21-19)14-8-10-15(11-9-14)17(3,4)5/h8-11,13,16H,12H2,1-7H3. The molecule has 0 aliphatic rings. The van der Waals surface area contributed by atoms with Crippen molar-refractivity contribution in [3.63, 3.8) is 0 Å². The van der Waals surface area contributed by atoms with Gasteiger partial charge in [-0.3, -0.25) is 4.18 Å². The topological polar surface area (TPSA) is 92.1 Å². The first-order valence-corrected chi connectivity index (χ1v) is 9.84. The maximum atomic E-state index is 12.7. The Morgan fingerprint density at radius 2 is 1.64 bits per heavy atom. The maximum absolute atomic E-state index is 12.7. The van der Waals surface area contributed by atoms with Crippen LogP contribution in [0.15, 0.2) is 29.4 Å². The summed E-state index contributed by atoms with van der Waals surface area (Å²) < 4.78 is 30.7. The summed E-state index contributed by atoms with van der Waals surface area (Å²) in [6.07, 6.45) is -0.315. The molecule has 6 nitrogen and oxygen atoms in total. The zero-order valence-electron chi connectivity index (χ0n) is 16.1. The van der Waals surface area contributed by atoms with E-state index in [0.29, 0.717) is 5.56 Å². The van der Waals surface area contributed by atoms with Crippen molar-refractivity contribution >= 4 is 10.1 Å². The van der Waals surface area contributed by atoms with Gasteiger partial charge in [0.1, 0.15) is 5.25 Å². The number of nitrogens with zero attached hydrogens (tertiary/aromatic N) is 3. The second-order valence-corrected chi connectivity index (χ2v) is 9.95. The van der Waals surface area contributed by atoms with Crippen LogP contribution in [-0.4, -0.2) is 20.1 Å². The third-order valence-electron chi connectivity index (χ3n) is 3.82. The van der Waals surface area contributed by atoms with Crippen LogP contribution in [0.5, 0.6) is 0 Å². The van der Waals surface area contributed by atoms with Gasteiger partial charge in [0.05, 0.1) is 6.10 Å². The maximum Gasteiger partial charge on any atom is 0.274 e. The van der Waals surface area contributed by atoms with Gasteiger partial charge in [-0.05, 0) is 42.3 Å². The summed E-state index contributed by atoms with van der Waals surface area (Å²) in [5.41, 5.74) is 9.61. The molecule has 1 atom stereocenters. The first-order valence-electron chi connectivity index (χ1n) is 8.37. The zero-order valence-corrected chi connectivity index (χ0v) is 17.0. The van der Waals surface area contributed by atoms with Gasteiger partial charge in [0, 0.05) is 10.5 Å². The molecule has 0 aromatic heterocycles. The van der Waals surface area contributed by atoms with Crippen LogP contribution in [0.4, 0.5) is 0 Å². The van der Waals surface area contributed by atoms with E-state index in [-0.39, 0.29) is 11.8 Å². The third-order valence-corrected chi connectivity index (χ3v) is 5.61. The van der Waals surface area contributed by atoms with Crippen molar-refractivity contribution < 1.29 is 12.6 Å². The van der Waals surface area contributed by atoms with E-state index in [4.69, 9.17) is 9.71 Å². The SMILES string of the molecule is CC(C)OS(=O)(=O)C(CC(C)(C)N=[N+]=[N-])c1ccc(C(C)(C)C)cc1. The van der Waals surface area contributed by atoms with Crippen molar-refractivity contribution in [1.29, 1.82) is 0 Å². The molecule has 0 amide bonds. The Balaban J connectivity index is 3.34. The lowest BCUT2D eigenvalue weighted by Gasteiger charge is -2.27. The molecule has 0 spiro atoms. The Morgan fingerprint density at radius 1 is 1.12 bits per heavy atom. The smallest absolute Gasteiger partial charge is 0.267 e. The van der Waals surface area contributed by atoms with Crippen molar-refractivity contribution in [1.82, 2.24) is 0 Å². The molecule has 0 aliphatic carbocycles. The fraction of sp³-hybridized carbons (Fsp3) is 0.667. The Kier molecular flexibility index (Phi) is 6.68. The van der Waals surface area contributed by atoms with E-state index in [9.17, 15) is 8.42 Å². The van der Waals surface area contributed by atoms with Crippen molar-refractivity contribution in [2.24, 2.45) is 5.11 Å². The predicted octanol–water partition coefficient (Wildman–Crippen LogP) is 5.26. The van der Waals surface area contributed by atoms with Gasteiger partial charge in [-0.25, -0.2) is 0 Å². The minimum Gasteiger partial charge on any atom is -0.267 e. The molecule has 1 aromatic rings. The fourth-order valence-corrected chi connectivity index (χ4v) is 4.31. The van der Waals surface area contributed by atoms with E-state index in [0.717, 1.165) is 5.56 Å². The predicted molar refractivity (Wildman–Crippen MR) is 101 cm³/mol. The summed E-state index contributed by atoms with van der Waals surface area (Å²) in [6, 6.07) is 7.51. The molecule has 0 aliphatic heterocycles. The van der Waals surface area contributed by atoms with Crippen LogP contribution < -0.4 is 0 Å². The van der Waals surface area contributed by atoms with Gasteiger partial charge in [-0.1, -0.05) is 64.0 Å². The summed E-state index contributed by atoms with van der Waals surface area (Å²) >= 11 is 0. The molecule has 0 N–H and O–H groups in total. The fourth-order valence-electron chi connectivity index (χ4n) is 2.54. The van der Waals surface area contributed by atoms with Crippen LogP contribution in [0, 0.1) is 0 Å². The highest BCUT2D eigenvalue weighted by atomic mass is 32.2. The molecule has 0 fully saturated rings. The van der Waals surface area contributed by atoms with Crippen LogP contribution in [0.25, 0.3) is 10.4 Å². The number of benzene rings is 1. The van der Waals surface area contributed by atoms with Crippen LogP contribution in [0.2, 0.25) is 0 Å². The summed E-state index contributed by atoms with van der Waals surface area (Å²) in [6.45, 7) is 13.1. The Morgan fingerprint density at radius 3 is 2.04 bits per heavy atom. The molecular formula is C18H29N3O3S. The molecule has 0 saturated carbocycles. The van der Waals surface area contributed by atoms with Gasteiger partial charge in [0.15, 0.2) is 0 Å². The Hall–Kier alpha value is -1.56. The van der Waals surface area contributed by atoms with Crippen LogP contribution >= 0.6 is 0 Å². The molecule has 0 heterocycles. The first kappa shape index (κ1) is 21.5. The van der Waals surface area contributed by atoms with Crippen LogP contribution in [0.1, 0.15) is 71.3 Å². The molecule has 7 heteroatoms. The summed E-state index contributed by atoms with van der Waals surface area (Å²) in [4.78, 5) is 2.83. The van der Waals surface area contributed by atoms with E-state index >= 15 is 0 Å². The molecular weight excluding hydrogens is 338 g/mol. The normalized spacial score (nSPS) is 14.2. The largest absolute Gasteiger partial charge is 0.274 e. The highest BCUT2D eigenvalue weighted by Gasteiger charge is 2.34. The van der Waals surface area contributed by atoms with Gasteiger partial charge in [0.25, 0.3) is 10.1 Å². The molecule has 0 radical (unpaired) electrons. The van der Waals surface area contributed by atoms with E-state index in [1.54, 1.807) is 27.7 Å². The second kappa shape index (κ2) is 7.77. The average molecular weight is 368 g/mol. The van der Waals surface area contributed by atoms with Crippen LogP contribution in [-0.2, 0) is 19.7 Å². The van der Waals surface area contributed by atoms with Crippen molar-refractivity contribution in [2.75, 3.05) is 0 Å². The number of rotatable bonds is 7. The molecule has 0 saturated heterocycles. The lowest BCUT2D eigenvalue weighted by molar-refractivity contribution is 0.241. The third kappa shape index (κ3) is 6.34. The number of hydrogen-bond acceptors (Lipinski definition) is 4. The quantitative estimate of drug-likeness (QED) is 0.285. The molecule has 140 valence electrons. The number of azide groups is 1. The molecule has 1 unspecified atom stereocenters. The van der Waals surface area contributed by atoms with Gasteiger partial charge in [-0.15, -0.1) is 0 Å². The summed E-state index contributed by atoms with van der Waals surface area (Å²) in [5, 5.41) is 2.83. The molecule has 0 bridgehead atoms. The van der Waals surface area contributed by atoms with Gasteiger partial charge in [-0.2, -0.15) is 8.42 Å². The van der Waals surface area contributed by atoms with Gasteiger partial charge >= 0.3 is 0 Å². The van der Waals surface area contributed by atoms with Crippen molar-refractivity contribution in [3.05, 3.63) is 45.8 Å². The average Bonchev–Trinajstić information content (AvgIpc) is 2.42. The van der Waals surface area contributed by atoms with E-state index in [1.807, 2.05) is 24.3 Å². The van der Waals surface area contributed by atoms with Crippen molar-refractivity contribution in [2.45, 2.75) is 77.2 Å². The first-order chi connectivity index (χ1) is 11.3. The lowest BCUT2D eigenvalue weighted by Crippen LogP contribution is -2.27. The molecule has 25 heavy (non-hydrogen) atoms. The van der Waals surface area contributed by atoms with Crippen LogP contribution in [0.3, 0.4) is 0 Å². The lowest BCUT2D eigenvalue weighted by atomic mass is 9.86. The minimum atomic E-state index is -3.86. The monoisotopic (exact) mass is 367 g/mol. The van der Waals surface area contributed by atoms with Crippen molar-refractivity contribution in [3.8, 4) is 0 Å². The highest BCUT2D eigenvalue weighted by molar-refractivity contribution is 7.87. The minimum absolute atomic E-state index is 0.0221. The Labute approximate surface area is 151 Å². The second-order valence-electron chi connectivity index (χ2n) is 8.20. The van der Waals surface area contributed by atoms with Gasteiger partial charge < -0.3 is 0 Å².